The first-order valence-electron chi connectivity index (χ1n) is 5.63. The van der Waals surface area contributed by atoms with Crippen molar-refractivity contribution >= 4 is 8.56 Å². The van der Waals surface area contributed by atoms with E-state index in [9.17, 15) is 0 Å². The van der Waals surface area contributed by atoms with Crippen LogP contribution in [-0.4, -0.2) is 46.8 Å². The second-order valence-electron chi connectivity index (χ2n) is 4.18. The lowest BCUT2D eigenvalue weighted by atomic mass is 10.3. The molecule has 1 saturated heterocycles. The summed E-state index contributed by atoms with van der Waals surface area (Å²) in [7, 11) is 0.353. The molecule has 3 nitrogen and oxygen atoms in total. The SMILES string of the molecule is CCO[Si]1(C)CCCCN(C)CCO1. The highest BCUT2D eigenvalue weighted by molar-refractivity contribution is 6.66. The summed E-state index contributed by atoms with van der Waals surface area (Å²) in [5.41, 5.74) is 0. The Kier molecular flexibility index (Phi) is 5.09. The monoisotopic (exact) mass is 217 g/mol. The number of nitrogens with zero attached hydrogens (tertiary/aromatic N) is 1. The van der Waals surface area contributed by atoms with E-state index in [2.05, 4.69) is 25.4 Å². The first-order chi connectivity index (χ1) is 6.66. The number of likely N-dealkylation sites (N-methyl/N-ethyl adjacent to an activating group) is 1. The van der Waals surface area contributed by atoms with Crippen LogP contribution in [-0.2, 0) is 8.85 Å². The molecule has 0 aromatic carbocycles. The van der Waals surface area contributed by atoms with Crippen molar-refractivity contribution in [3.63, 3.8) is 0 Å². The van der Waals surface area contributed by atoms with Crippen LogP contribution in [0.5, 0.6) is 0 Å². The van der Waals surface area contributed by atoms with E-state index in [0.29, 0.717) is 0 Å². The number of hydrogen-bond acceptors (Lipinski definition) is 3. The van der Waals surface area contributed by atoms with Crippen molar-refractivity contribution < 1.29 is 8.85 Å². The molecule has 84 valence electrons. The topological polar surface area (TPSA) is 21.7 Å². The first kappa shape index (κ1) is 12.2. The smallest absolute Gasteiger partial charge is 0.334 e. The predicted octanol–water partition coefficient (Wildman–Crippen LogP) is 1.84. The van der Waals surface area contributed by atoms with Crippen LogP contribution < -0.4 is 0 Å². The molecule has 0 N–H and O–H groups in total. The Balaban J connectivity index is 2.43. The molecule has 0 spiro atoms. The molecule has 0 aliphatic carbocycles. The Bertz CT molecular complexity index is 168. The predicted molar refractivity (Wildman–Crippen MR) is 60.7 cm³/mol. The highest BCUT2D eigenvalue weighted by Gasteiger charge is 2.31. The molecular formula is C10H23NO2Si. The van der Waals surface area contributed by atoms with Gasteiger partial charge in [-0.05, 0) is 39.5 Å². The van der Waals surface area contributed by atoms with E-state index in [0.717, 1.165) is 25.8 Å². The van der Waals surface area contributed by atoms with Gasteiger partial charge < -0.3 is 13.8 Å². The van der Waals surface area contributed by atoms with Crippen molar-refractivity contribution in [1.82, 2.24) is 4.90 Å². The van der Waals surface area contributed by atoms with E-state index in [1.54, 1.807) is 0 Å². The van der Waals surface area contributed by atoms with E-state index >= 15 is 0 Å². The summed E-state index contributed by atoms with van der Waals surface area (Å²) in [6.45, 7) is 8.11. The molecule has 1 heterocycles. The third kappa shape index (κ3) is 4.08. The van der Waals surface area contributed by atoms with Gasteiger partial charge in [-0.2, -0.15) is 0 Å². The highest BCUT2D eigenvalue weighted by Crippen LogP contribution is 2.18. The van der Waals surface area contributed by atoms with Crippen molar-refractivity contribution in [2.24, 2.45) is 0 Å². The van der Waals surface area contributed by atoms with Gasteiger partial charge >= 0.3 is 8.56 Å². The van der Waals surface area contributed by atoms with E-state index in [1.165, 1.54) is 19.4 Å². The Morgan fingerprint density at radius 2 is 2.14 bits per heavy atom. The average Bonchev–Trinajstić information content (AvgIpc) is 2.19. The maximum Gasteiger partial charge on any atom is 0.334 e. The highest BCUT2D eigenvalue weighted by atomic mass is 28.4. The molecule has 0 aromatic rings. The van der Waals surface area contributed by atoms with Gasteiger partial charge in [0.1, 0.15) is 0 Å². The van der Waals surface area contributed by atoms with Gasteiger partial charge in [-0.1, -0.05) is 6.42 Å². The van der Waals surface area contributed by atoms with Crippen LogP contribution in [0.3, 0.4) is 0 Å². The molecule has 0 radical (unpaired) electrons. The van der Waals surface area contributed by atoms with Crippen LogP contribution in [0.25, 0.3) is 0 Å². The zero-order valence-electron chi connectivity index (χ0n) is 9.71. The average molecular weight is 217 g/mol. The lowest BCUT2D eigenvalue weighted by Gasteiger charge is -2.26. The molecule has 0 bridgehead atoms. The summed E-state index contributed by atoms with van der Waals surface area (Å²) >= 11 is 0. The summed E-state index contributed by atoms with van der Waals surface area (Å²) in [5, 5.41) is 0. The van der Waals surface area contributed by atoms with Crippen molar-refractivity contribution in [3.05, 3.63) is 0 Å². The van der Waals surface area contributed by atoms with Crippen molar-refractivity contribution in [3.8, 4) is 0 Å². The second-order valence-corrected chi connectivity index (χ2v) is 7.52. The zero-order valence-corrected chi connectivity index (χ0v) is 10.7. The molecule has 0 amide bonds. The minimum Gasteiger partial charge on any atom is -0.395 e. The fourth-order valence-corrected chi connectivity index (χ4v) is 4.25. The Hall–Kier alpha value is 0.0969. The van der Waals surface area contributed by atoms with Crippen LogP contribution in [0.1, 0.15) is 19.8 Å². The van der Waals surface area contributed by atoms with E-state index in [-0.39, 0.29) is 0 Å². The lowest BCUT2D eigenvalue weighted by Crippen LogP contribution is -2.39. The fraction of sp³-hybridized carbons (Fsp3) is 1.00. The summed E-state index contributed by atoms with van der Waals surface area (Å²) < 4.78 is 11.7. The number of hydrogen-bond donors (Lipinski definition) is 0. The van der Waals surface area contributed by atoms with E-state index in [4.69, 9.17) is 8.85 Å². The minimum absolute atomic E-state index is 0.790. The standard InChI is InChI=1S/C10H23NO2Si/c1-4-12-14(3)10-6-5-7-11(2)8-9-13-14/h4-10H2,1-3H3. The third-order valence-electron chi connectivity index (χ3n) is 2.75. The van der Waals surface area contributed by atoms with Crippen LogP contribution in [0, 0.1) is 0 Å². The van der Waals surface area contributed by atoms with Gasteiger partial charge in [0.25, 0.3) is 0 Å². The van der Waals surface area contributed by atoms with Gasteiger partial charge in [0.15, 0.2) is 0 Å². The molecule has 1 unspecified atom stereocenters. The molecule has 0 saturated carbocycles. The molecular weight excluding hydrogens is 194 g/mol. The Morgan fingerprint density at radius 1 is 1.36 bits per heavy atom. The van der Waals surface area contributed by atoms with Gasteiger partial charge in [-0.25, -0.2) is 0 Å². The van der Waals surface area contributed by atoms with Crippen LogP contribution in [0.2, 0.25) is 12.6 Å². The lowest BCUT2D eigenvalue weighted by molar-refractivity contribution is 0.165. The summed E-state index contributed by atoms with van der Waals surface area (Å²) in [6.07, 6.45) is 2.52. The summed E-state index contributed by atoms with van der Waals surface area (Å²) in [4.78, 5) is 2.34. The second kappa shape index (κ2) is 5.85. The molecule has 1 aliphatic rings. The fourth-order valence-electron chi connectivity index (χ4n) is 1.85. The van der Waals surface area contributed by atoms with E-state index < -0.39 is 8.56 Å². The zero-order chi connectivity index (χ0) is 10.4. The first-order valence-corrected chi connectivity index (χ1v) is 8.15. The molecule has 4 heteroatoms. The van der Waals surface area contributed by atoms with Gasteiger partial charge in [0.2, 0.25) is 0 Å². The van der Waals surface area contributed by atoms with Gasteiger partial charge in [-0.3, -0.25) is 0 Å². The van der Waals surface area contributed by atoms with Crippen molar-refractivity contribution in [1.29, 1.82) is 0 Å². The Labute approximate surface area is 88.6 Å². The van der Waals surface area contributed by atoms with Crippen molar-refractivity contribution in [2.75, 3.05) is 33.4 Å². The molecule has 1 atom stereocenters. The van der Waals surface area contributed by atoms with Gasteiger partial charge in [0, 0.05) is 19.8 Å². The molecule has 1 aliphatic heterocycles. The van der Waals surface area contributed by atoms with Gasteiger partial charge in [0.05, 0.1) is 0 Å². The van der Waals surface area contributed by atoms with Crippen LogP contribution in [0.4, 0.5) is 0 Å². The Morgan fingerprint density at radius 3 is 2.86 bits per heavy atom. The maximum absolute atomic E-state index is 5.94. The normalized spacial score (nSPS) is 31.9. The molecule has 1 fully saturated rings. The van der Waals surface area contributed by atoms with Crippen LogP contribution in [0.15, 0.2) is 0 Å². The number of rotatable bonds is 2. The third-order valence-corrected chi connectivity index (χ3v) is 5.73. The summed E-state index contributed by atoms with van der Waals surface area (Å²) in [5.74, 6) is 0. The summed E-state index contributed by atoms with van der Waals surface area (Å²) in [6, 6.07) is 1.15. The minimum atomic E-state index is -1.81. The van der Waals surface area contributed by atoms with Crippen molar-refractivity contribution in [2.45, 2.75) is 32.4 Å². The molecule has 14 heavy (non-hydrogen) atoms. The molecule has 0 aromatic heterocycles. The molecule has 1 rings (SSSR count). The quantitative estimate of drug-likeness (QED) is 0.659. The van der Waals surface area contributed by atoms with Gasteiger partial charge in [-0.15, -0.1) is 0 Å². The van der Waals surface area contributed by atoms with E-state index in [1.807, 2.05) is 0 Å². The largest absolute Gasteiger partial charge is 0.395 e. The maximum atomic E-state index is 5.94. The van der Waals surface area contributed by atoms with Crippen LogP contribution >= 0.6 is 0 Å².